The van der Waals surface area contributed by atoms with Crippen molar-refractivity contribution >= 4 is 27.7 Å². The number of nitrogens with one attached hydrogen (secondary N) is 2. The summed E-state index contributed by atoms with van der Waals surface area (Å²) in [4.78, 5) is 25.1. The van der Waals surface area contributed by atoms with E-state index in [4.69, 9.17) is 4.74 Å². The summed E-state index contributed by atoms with van der Waals surface area (Å²) >= 11 is 0. The molecule has 0 unspecified atom stereocenters. The molecule has 0 atom stereocenters. The Hall–Kier alpha value is -4.01. The Morgan fingerprint density at radius 1 is 1.14 bits per heavy atom. The fourth-order valence-corrected chi connectivity index (χ4v) is 4.59. The summed E-state index contributed by atoms with van der Waals surface area (Å²) in [5.41, 5.74) is 0.546. The van der Waals surface area contributed by atoms with Crippen LogP contribution in [0.1, 0.15) is 42.3 Å². The molecule has 182 valence electrons. The van der Waals surface area contributed by atoms with E-state index in [1.165, 1.54) is 29.1 Å². The van der Waals surface area contributed by atoms with E-state index in [0.29, 0.717) is 11.3 Å². The predicted octanol–water partition coefficient (Wildman–Crippen LogP) is 2.92. The molecular weight excluding hydrogens is 470 g/mol. The van der Waals surface area contributed by atoms with Gasteiger partial charge >= 0.3 is 5.97 Å². The van der Waals surface area contributed by atoms with Gasteiger partial charge in [0.1, 0.15) is 11.6 Å². The predicted molar refractivity (Wildman–Crippen MR) is 128 cm³/mol. The number of amides is 1. The van der Waals surface area contributed by atoms with E-state index in [1.807, 2.05) is 12.1 Å². The molecule has 0 bridgehead atoms. The van der Waals surface area contributed by atoms with E-state index in [9.17, 15) is 23.3 Å². The maximum atomic E-state index is 12.7. The number of rotatable bonds is 7. The number of hydrogen-bond acceptors (Lipinski definition) is 7. The number of benzene rings is 2. The molecule has 0 saturated carbocycles. The van der Waals surface area contributed by atoms with Crippen molar-refractivity contribution in [2.75, 3.05) is 11.9 Å². The zero-order chi connectivity index (χ0) is 25.8. The minimum absolute atomic E-state index is 0.0154. The summed E-state index contributed by atoms with van der Waals surface area (Å²) in [5.74, 6) is -1.41. The number of carbonyl (C=O) groups is 2. The van der Waals surface area contributed by atoms with E-state index in [2.05, 4.69) is 15.1 Å². The molecule has 0 saturated heterocycles. The van der Waals surface area contributed by atoms with Crippen molar-refractivity contribution < 1.29 is 22.7 Å². The number of carbonyl (C=O) groups excluding carboxylic acids is 2. The molecule has 11 heteroatoms. The largest absolute Gasteiger partial charge is 0.452 e. The first-order valence-electron chi connectivity index (χ1n) is 10.6. The summed E-state index contributed by atoms with van der Waals surface area (Å²) < 4.78 is 34.3. The Bertz CT molecular complexity index is 1400. The smallest absolute Gasteiger partial charge is 0.338 e. The van der Waals surface area contributed by atoms with E-state index < -0.39 is 34.0 Å². The number of sulfonamides is 1. The molecule has 0 radical (unpaired) electrons. The van der Waals surface area contributed by atoms with E-state index in [-0.39, 0.29) is 21.8 Å². The average molecular weight is 496 g/mol. The van der Waals surface area contributed by atoms with Crippen LogP contribution in [0.25, 0.3) is 5.69 Å². The van der Waals surface area contributed by atoms with Gasteiger partial charge in [0.25, 0.3) is 5.91 Å². The lowest BCUT2D eigenvalue weighted by molar-refractivity contribution is -0.119. The number of anilines is 1. The molecule has 35 heavy (non-hydrogen) atoms. The minimum Gasteiger partial charge on any atom is -0.452 e. The number of aromatic nitrogens is 2. The summed E-state index contributed by atoms with van der Waals surface area (Å²) in [6.07, 6.45) is 1.32. The Labute approximate surface area is 203 Å². The highest BCUT2D eigenvalue weighted by Gasteiger charge is 2.24. The lowest BCUT2D eigenvalue weighted by Gasteiger charge is -2.20. The molecule has 2 aromatic carbocycles. The van der Waals surface area contributed by atoms with Crippen LogP contribution in [0.5, 0.6) is 0 Å². The topological polar surface area (TPSA) is 143 Å². The van der Waals surface area contributed by atoms with Crippen LogP contribution in [0.2, 0.25) is 0 Å². The van der Waals surface area contributed by atoms with Gasteiger partial charge in [-0.15, -0.1) is 0 Å². The summed E-state index contributed by atoms with van der Waals surface area (Å²) in [6.45, 7) is 6.08. The van der Waals surface area contributed by atoms with Gasteiger partial charge in [0.05, 0.1) is 22.3 Å². The molecule has 0 fully saturated rings. The fourth-order valence-electron chi connectivity index (χ4n) is 3.14. The van der Waals surface area contributed by atoms with Gasteiger partial charge in [-0.3, -0.25) is 4.79 Å². The highest BCUT2D eigenvalue weighted by Crippen LogP contribution is 2.20. The van der Waals surface area contributed by atoms with Crippen molar-refractivity contribution in [2.24, 2.45) is 0 Å². The van der Waals surface area contributed by atoms with Crippen LogP contribution < -0.4 is 10.0 Å². The number of aryl methyl sites for hydroxylation is 1. The number of ether oxygens (including phenoxy) is 1. The third-order valence-corrected chi connectivity index (χ3v) is 6.42. The van der Waals surface area contributed by atoms with Crippen LogP contribution in [-0.2, 0) is 19.6 Å². The van der Waals surface area contributed by atoms with Crippen LogP contribution in [0, 0.1) is 18.3 Å². The van der Waals surface area contributed by atoms with Gasteiger partial charge in [-0.05, 0) is 57.5 Å². The van der Waals surface area contributed by atoms with Crippen molar-refractivity contribution in [1.29, 1.82) is 5.26 Å². The molecule has 3 rings (SSSR count). The van der Waals surface area contributed by atoms with Crippen LogP contribution >= 0.6 is 0 Å². The molecule has 10 nitrogen and oxygen atoms in total. The number of hydrogen-bond donors (Lipinski definition) is 2. The van der Waals surface area contributed by atoms with Gasteiger partial charge < -0.3 is 10.1 Å². The Morgan fingerprint density at radius 2 is 1.83 bits per heavy atom. The lowest BCUT2D eigenvalue weighted by atomic mass is 10.1. The monoisotopic (exact) mass is 495 g/mol. The molecule has 0 aliphatic carbocycles. The number of esters is 1. The minimum atomic E-state index is -3.87. The highest BCUT2D eigenvalue weighted by molar-refractivity contribution is 7.89. The Kier molecular flexibility index (Phi) is 7.38. The second-order valence-electron chi connectivity index (χ2n) is 8.72. The Morgan fingerprint density at radius 3 is 2.46 bits per heavy atom. The quantitative estimate of drug-likeness (QED) is 0.480. The third-order valence-electron chi connectivity index (χ3n) is 4.66. The number of nitrogens with zero attached hydrogens (tertiary/aromatic N) is 3. The van der Waals surface area contributed by atoms with Crippen molar-refractivity contribution in [3.05, 3.63) is 71.4 Å². The van der Waals surface area contributed by atoms with E-state index in [0.717, 1.165) is 0 Å². The van der Waals surface area contributed by atoms with E-state index >= 15 is 0 Å². The summed E-state index contributed by atoms with van der Waals surface area (Å²) in [5, 5.41) is 16.0. The first-order chi connectivity index (χ1) is 16.4. The first-order valence-corrected chi connectivity index (χ1v) is 12.0. The maximum absolute atomic E-state index is 12.7. The van der Waals surface area contributed by atoms with Crippen molar-refractivity contribution in [2.45, 2.75) is 38.1 Å². The van der Waals surface area contributed by atoms with Gasteiger partial charge in [0, 0.05) is 5.54 Å². The van der Waals surface area contributed by atoms with Gasteiger partial charge in [-0.25, -0.2) is 22.6 Å². The zero-order valence-corrected chi connectivity index (χ0v) is 20.5. The zero-order valence-electron chi connectivity index (χ0n) is 19.7. The molecule has 0 spiro atoms. The van der Waals surface area contributed by atoms with Crippen molar-refractivity contribution in [3.63, 3.8) is 0 Å². The number of nitriles is 1. The van der Waals surface area contributed by atoms with Crippen LogP contribution in [-0.4, -0.2) is 42.2 Å². The van der Waals surface area contributed by atoms with Gasteiger partial charge in [0.15, 0.2) is 12.4 Å². The van der Waals surface area contributed by atoms with Gasteiger partial charge in [-0.2, -0.15) is 10.4 Å². The van der Waals surface area contributed by atoms with Crippen molar-refractivity contribution in [1.82, 2.24) is 14.5 Å². The van der Waals surface area contributed by atoms with Crippen LogP contribution in [0.4, 0.5) is 5.82 Å². The molecule has 1 heterocycles. The lowest BCUT2D eigenvalue weighted by Crippen LogP contribution is -2.40. The standard InChI is InChI=1S/C24H25N5O5S/c1-16-10-11-19(35(32,33)28-24(2,3)4)12-20(16)23(31)34-15-21(30)27-22-17(13-25)14-26-29(22)18-8-6-5-7-9-18/h5-12,14,28H,15H2,1-4H3,(H,27,30). The molecule has 1 amide bonds. The highest BCUT2D eigenvalue weighted by atomic mass is 32.2. The van der Waals surface area contributed by atoms with Crippen molar-refractivity contribution in [3.8, 4) is 11.8 Å². The van der Waals surface area contributed by atoms with Crippen LogP contribution in [0.3, 0.4) is 0 Å². The molecular formula is C24H25N5O5S. The first kappa shape index (κ1) is 25.6. The normalized spacial score (nSPS) is 11.5. The molecule has 2 N–H and O–H groups in total. The number of para-hydroxylation sites is 1. The summed E-state index contributed by atoms with van der Waals surface area (Å²) in [6, 6.07) is 14.9. The molecule has 3 aromatic rings. The van der Waals surface area contributed by atoms with Gasteiger partial charge in [-0.1, -0.05) is 24.3 Å². The third kappa shape index (κ3) is 6.32. The molecule has 0 aliphatic heterocycles. The molecule has 1 aromatic heterocycles. The van der Waals surface area contributed by atoms with E-state index in [1.54, 1.807) is 52.0 Å². The SMILES string of the molecule is Cc1ccc(S(=O)(=O)NC(C)(C)C)cc1C(=O)OCC(=O)Nc1c(C#N)cnn1-c1ccccc1. The average Bonchev–Trinajstić information content (AvgIpc) is 3.19. The summed E-state index contributed by atoms with van der Waals surface area (Å²) in [7, 11) is -3.87. The fraction of sp³-hybridized carbons (Fsp3) is 0.250. The van der Waals surface area contributed by atoms with Gasteiger partial charge in [0.2, 0.25) is 10.0 Å². The second-order valence-corrected chi connectivity index (χ2v) is 10.4. The Balaban J connectivity index is 1.74. The molecule has 0 aliphatic rings. The maximum Gasteiger partial charge on any atom is 0.338 e. The van der Waals surface area contributed by atoms with Crippen LogP contribution in [0.15, 0.2) is 59.6 Å². The second kappa shape index (κ2) is 10.1.